The molecule has 2 saturated heterocycles. The van der Waals surface area contributed by atoms with Gasteiger partial charge in [-0.15, -0.1) is 49.0 Å². The van der Waals surface area contributed by atoms with E-state index in [1.165, 1.54) is 90.5 Å². The number of hydrogen-bond acceptors (Lipinski definition) is 18. The molecule has 4 aliphatic heterocycles. The molecule has 4 aliphatic rings. The molecule has 3 aromatic heterocycles. The minimum absolute atomic E-state index is 0.0936. The van der Waals surface area contributed by atoms with Crippen LogP contribution >= 0.6 is 69.7 Å². The summed E-state index contributed by atoms with van der Waals surface area (Å²) in [4.78, 5) is 68.6. The molecule has 0 saturated carbocycles. The van der Waals surface area contributed by atoms with Crippen molar-refractivity contribution < 1.29 is 29.1 Å². The number of thioether (sulfide) groups is 4. The van der Waals surface area contributed by atoms with Crippen LogP contribution in [0.5, 0.6) is 0 Å². The lowest BCUT2D eigenvalue weighted by Gasteiger charge is -2.52. The van der Waals surface area contributed by atoms with E-state index in [0.717, 1.165) is 10.0 Å². The number of carbonyl (C=O) groups is 5. The molecule has 0 bridgehead atoms. The van der Waals surface area contributed by atoms with Gasteiger partial charge in [0, 0.05) is 23.0 Å². The van der Waals surface area contributed by atoms with Crippen LogP contribution in [0.15, 0.2) is 37.5 Å². The number of fused-ring (bicyclic) bond motifs is 2. The predicted octanol–water partition coefficient (Wildman–Crippen LogP) is -0.0299. The third-order valence-corrected chi connectivity index (χ3v) is 14.4. The maximum absolute atomic E-state index is 14.0. The first-order chi connectivity index (χ1) is 23.6. The molecule has 7 rings (SSSR count). The Kier molecular flexibility index (Phi) is 9.66. The van der Waals surface area contributed by atoms with E-state index in [9.17, 15) is 29.1 Å². The normalized spacial score (nSPS) is 23.1. The number of carbonyl (C=O) groups excluding carboxylic acids is 4. The number of aromatic nitrogens is 8. The molecular weight excluding hydrogens is 757 g/mol. The summed E-state index contributed by atoms with van der Waals surface area (Å²) in [6, 6.07) is -1.88. The van der Waals surface area contributed by atoms with Crippen LogP contribution in [0, 0.1) is 13.8 Å². The molecule has 18 nitrogen and oxygen atoms in total. The zero-order valence-electron chi connectivity index (χ0n) is 25.3. The number of carboxylic acids is 1. The van der Waals surface area contributed by atoms with Gasteiger partial charge in [-0.1, -0.05) is 46.2 Å². The van der Waals surface area contributed by atoms with Crippen molar-refractivity contribution in [3.05, 3.63) is 38.9 Å². The zero-order chi connectivity index (χ0) is 34.4. The maximum Gasteiger partial charge on any atom is 0.352 e. The van der Waals surface area contributed by atoms with E-state index in [2.05, 4.69) is 46.6 Å². The molecule has 2 fully saturated rings. The van der Waals surface area contributed by atoms with E-state index in [1.54, 1.807) is 0 Å². The fraction of sp³-hybridized carbons (Fsp3) is 0.440. The van der Waals surface area contributed by atoms with Crippen LogP contribution < -0.4 is 10.6 Å². The number of β-lactam (4-membered cyclic amide) rings is 2. The number of aryl methyl sites for hydroxylation is 2. The number of nitrogens with one attached hydrogen (secondary N) is 2. The minimum Gasteiger partial charge on any atom is -0.477 e. The Hall–Kier alpha value is -3.58. The quantitative estimate of drug-likeness (QED) is 0.162. The SMILES string of the molecule is Cc1nnc(SCC2=C(C(=O)O)N3C(=O)[C@@H](NC(=O)C4=C(CSc5nnc(C)s5)CS[C@@H]5[C@H](NC(=O)Cn6cnnn6)C(=O)N45)[C@H]3SC2)s1. The van der Waals surface area contributed by atoms with E-state index in [4.69, 9.17) is 0 Å². The van der Waals surface area contributed by atoms with Gasteiger partial charge in [-0.25, -0.2) is 9.48 Å². The highest BCUT2D eigenvalue weighted by Gasteiger charge is 2.57. The minimum atomic E-state index is -1.23. The lowest BCUT2D eigenvalue weighted by atomic mass is 10.0. The maximum atomic E-state index is 14.0. The molecule has 4 amide bonds. The summed E-state index contributed by atoms with van der Waals surface area (Å²) in [6.07, 6.45) is 1.28. The summed E-state index contributed by atoms with van der Waals surface area (Å²) >= 11 is 8.31. The van der Waals surface area contributed by atoms with Gasteiger partial charge in [-0.2, -0.15) is 0 Å². The lowest BCUT2D eigenvalue weighted by Crippen LogP contribution is -2.73. The summed E-state index contributed by atoms with van der Waals surface area (Å²) in [5, 5.41) is 42.9. The summed E-state index contributed by atoms with van der Waals surface area (Å²) in [6.45, 7) is 3.48. The van der Waals surface area contributed by atoms with Crippen molar-refractivity contribution in [1.29, 1.82) is 0 Å². The van der Waals surface area contributed by atoms with Crippen LogP contribution in [0.4, 0.5) is 0 Å². The number of rotatable bonds is 12. The Balaban J connectivity index is 1.08. The first kappa shape index (κ1) is 33.9. The second-order valence-corrected chi connectivity index (χ2v) is 17.8. The summed E-state index contributed by atoms with van der Waals surface area (Å²) < 4.78 is 2.62. The number of tetrazole rings is 1. The van der Waals surface area contributed by atoms with Gasteiger partial charge in [0.1, 0.15) is 57.1 Å². The van der Waals surface area contributed by atoms with Crippen molar-refractivity contribution in [3.8, 4) is 0 Å². The number of aliphatic carboxylic acids is 1. The van der Waals surface area contributed by atoms with Gasteiger partial charge in [-0.3, -0.25) is 29.0 Å². The first-order valence-electron chi connectivity index (χ1n) is 14.3. The number of hydrogen-bond donors (Lipinski definition) is 3. The van der Waals surface area contributed by atoms with Gasteiger partial charge in [-0.05, 0) is 35.4 Å². The monoisotopic (exact) mass is 780 g/mol. The van der Waals surface area contributed by atoms with E-state index in [0.29, 0.717) is 42.8 Å². The molecule has 3 aromatic rings. The molecule has 49 heavy (non-hydrogen) atoms. The average Bonchev–Trinajstić information content (AvgIpc) is 3.85. The van der Waals surface area contributed by atoms with Crippen molar-refractivity contribution >= 4 is 99.3 Å². The lowest BCUT2D eigenvalue weighted by molar-refractivity contribution is -0.151. The molecular formula is C25H24N12O6S6. The van der Waals surface area contributed by atoms with E-state index < -0.39 is 52.4 Å². The summed E-state index contributed by atoms with van der Waals surface area (Å²) in [5.74, 6) is -1.98. The van der Waals surface area contributed by atoms with Gasteiger partial charge >= 0.3 is 5.97 Å². The average molecular weight is 781 g/mol. The van der Waals surface area contributed by atoms with Gasteiger partial charge in [0.2, 0.25) is 5.91 Å². The van der Waals surface area contributed by atoms with Crippen molar-refractivity contribution in [2.75, 3.05) is 23.0 Å². The fourth-order valence-corrected chi connectivity index (χ4v) is 12.0. The van der Waals surface area contributed by atoms with E-state index >= 15 is 0 Å². The van der Waals surface area contributed by atoms with E-state index in [-0.39, 0.29) is 17.9 Å². The molecule has 0 aromatic carbocycles. The zero-order valence-corrected chi connectivity index (χ0v) is 30.2. The van der Waals surface area contributed by atoms with Crippen LogP contribution in [-0.2, 0) is 30.5 Å². The Bertz CT molecular complexity index is 1910. The first-order valence-corrected chi connectivity index (χ1v) is 20.0. The van der Waals surface area contributed by atoms with Gasteiger partial charge < -0.3 is 15.7 Å². The highest BCUT2D eigenvalue weighted by Crippen LogP contribution is 2.44. The standard InChI is InChI=1S/C25H24N12O6S6/c1-9-29-31-24(48-9)46-6-11-4-44-21-14(27-13(38)3-35-8-26-33-34-35)19(40)36(21)16(11)18(39)28-15-20(41)37-17(23(42)43)12(5-45-22(15)37)7-47-25-32-30-10(2)49-25/h8,14-15,21-22H,3-7H2,1-2H3,(H,27,38)(H,28,39)(H,42,43)/t14-,15-,21-,22-/m1/s1. The van der Waals surface area contributed by atoms with Crippen molar-refractivity contribution in [1.82, 2.24) is 61.0 Å². The van der Waals surface area contributed by atoms with E-state index in [1.807, 2.05) is 13.8 Å². The molecule has 24 heteroatoms. The number of nitrogens with zero attached hydrogens (tertiary/aromatic N) is 10. The number of carboxylic acid groups (broad SMARTS) is 1. The van der Waals surface area contributed by atoms with Crippen LogP contribution in [0.3, 0.4) is 0 Å². The third-order valence-electron chi connectivity index (χ3n) is 7.57. The Morgan fingerprint density at radius 1 is 0.857 bits per heavy atom. The molecule has 0 spiro atoms. The molecule has 0 unspecified atom stereocenters. The van der Waals surface area contributed by atoms with Crippen LogP contribution in [-0.4, -0.2) is 131 Å². The molecule has 3 N–H and O–H groups in total. The van der Waals surface area contributed by atoms with Crippen LogP contribution in [0.1, 0.15) is 10.0 Å². The van der Waals surface area contributed by atoms with Crippen LogP contribution in [0.25, 0.3) is 0 Å². The predicted molar refractivity (Wildman–Crippen MR) is 180 cm³/mol. The number of amides is 4. The summed E-state index contributed by atoms with van der Waals surface area (Å²) in [7, 11) is 0. The Labute approximate surface area is 301 Å². The smallest absolute Gasteiger partial charge is 0.352 e. The molecule has 256 valence electrons. The third kappa shape index (κ3) is 6.68. The Morgan fingerprint density at radius 2 is 1.41 bits per heavy atom. The van der Waals surface area contributed by atoms with Crippen molar-refractivity contribution in [2.24, 2.45) is 0 Å². The fourth-order valence-electron chi connectivity index (χ4n) is 5.40. The van der Waals surface area contributed by atoms with Crippen molar-refractivity contribution in [3.63, 3.8) is 0 Å². The molecule has 7 heterocycles. The topological polar surface area (TPSA) is 231 Å². The van der Waals surface area contributed by atoms with Gasteiger partial charge in [0.25, 0.3) is 17.7 Å². The summed E-state index contributed by atoms with van der Waals surface area (Å²) in [5.41, 5.74) is 1.24. The van der Waals surface area contributed by atoms with Gasteiger partial charge in [0.15, 0.2) is 8.68 Å². The largest absolute Gasteiger partial charge is 0.477 e. The molecule has 0 aliphatic carbocycles. The highest BCUT2D eigenvalue weighted by molar-refractivity contribution is 8.02. The Morgan fingerprint density at radius 3 is 1.92 bits per heavy atom. The second-order valence-electron chi connectivity index (χ2n) is 10.8. The van der Waals surface area contributed by atoms with Crippen molar-refractivity contribution in [2.45, 2.75) is 51.9 Å². The van der Waals surface area contributed by atoms with Gasteiger partial charge in [0.05, 0.1) is 0 Å². The van der Waals surface area contributed by atoms with Crippen LogP contribution in [0.2, 0.25) is 0 Å². The second kappa shape index (κ2) is 14.0. The molecule has 0 radical (unpaired) electrons. The highest BCUT2D eigenvalue weighted by atomic mass is 32.2. The molecule has 4 atom stereocenters.